The van der Waals surface area contributed by atoms with Crippen LogP contribution in [-0.4, -0.2) is 193 Å². The number of hydrogen-bond donors (Lipinski definition) is 12. The van der Waals surface area contributed by atoms with Crippen LogP contribution in [0.3, 0.4) is 0 Å². The summed E-state index contributed by atoms with van der Waals surface area (Å²) in [7, 11) is 0. The van der Waals surface area contributed by atoms with Gasteiger partial charge in [0.25, 0.3) is 0 Å². The lowest BCUT2D eigenvalue weighted by Crippen LogP contribution is -2.66. The minimum Gasteiger partial charge on any atom is -0.394 e. The minimum absolute atomic E-state index is 0.219. The van der Waals surface area contributed by atoms with E-state index in [0.29, 0.717) is 12.8 Å². The molecule has 3 aliphatic rings. The van der Waals surface area contributed by atoms with Crippen molar-refractivity contribution in [1.82, 2.24) is 5.32 Å². The zero-order valence-electron chi connectivity index (χ0n) is 51.1. The van der Waals surface area contributed by atoms with Crippen LogP contribution in [0.1, 0.15) is 213 Å². The number of amides is 1. The number of carbonyl (C=O) groups is 1. The van der Waals surface area contributed by atoms with Crippen molar-refractivity contribution in [2.45, 2.75) is 317 Å². The van der Waals surface area contributed by atoms with E-state index in [4.69, 9.17) is 28.4 Å². The molecule has 488 valence electrons. The van der Waals surface area contributed by atoms with Crippen molar-refractivity contribution in [3.8, 4) is 0 Å². The quantitative estimate of drug-likeness (QED) is 0.0211. The van der Waals surface area contributed by atoms with Crippen molar-refractivity contribution < 1.29 is 89.4 Å². The molecule has 17 atom stereocenters. The van der Waals surface area contributed by atoms with Gasteiger partial charge in [0, 0.05) is 6.42 Å². The third-order valence-corrected chi connectivity index (χ3v) is 16.0. The maximum absolute atomic E-state index is 13.4. The second kappa shape index (κ2) is 47.5. The number of ether oxygens (including phenoxy) is 6. The molecular formula is C65H115NO18. The highest BCUT2D eigenvalue weighted by Crippen LogP contribution is 2.33. The fraction of sp³-hybridized carbons (Fsp3) is 0.831. The van der Waals surface area contributed by atoms with Crippen LogP contribution in [0.15, 0.2) is 60.8 Å². The smallest absolute Gasteiger partial charge is 0.220 e. The Bertz CT molecular complexity index is 1770. The summed E-state index contributed by atoms with van der Waals surface area (Å²) in [6, 6.07) is -0.999. The minimum atomic E-state index is -1.98. The Kier molecular flexibility index (Phi) is 42.8. The summed E-state index contributed by atoms with van der Waals surface area (Å²) < 4.78 is 34.3. The van der Waals surface area contributed by atoms with E-state index in [0.717, 1.165) is 70.6 Å². The SMILES string of the molecule is CCCCCCC/C=C\C/C=C\C/C=C\CCCCCCCCC(=O)NC(COC1OC(CO)C(OC2OC(CO)C(OC3OC(CO)C(O)C(O)C3O)C(O)C2O)C(O)C1O)C(O)/C=C/CC/C=C/CCCCCCCCCCCCCC. The van der Waals surface area contributed by atoms with Crippen LogP contribution in [0.25, 0.3) is 0 Å². The molecule has 0 aromatic heterocycles. The largest absolute Gasteiger partial charge is 0.394 e. The standard InChI is InChI=1S/C65H115NO18/c1-3-5-7-9-11-13-15-17-19-21-23-24-25-27-29-31-33-35-37-39-41-43-53(71)66-48(49(70)42-40-38-36-34-32-30-28-26-22-20-18-16-14-12-10-8-6-4-2)47-79-63-59(77)56(74)61(51(45-68)81-63)84-65-60(78)57(75)62(52(46-69)82-65)83-64-58(76)55(73)54(72)50(44-67)80-64/h15,17,21,23,25,27,32,34,40,42,48-52,54-65,67-70,72-78H,3-14,16,18-20,22,24,26,28-31,33,35-39,41,43-47H2,1-2H3,(H,66,71)/b17-15-,23-21-,27-25-,34-32+,42-40+. The number of nitrogens with one attached hydrogen (secondary N) is 1. The lowest BCUT2D eigenvalue weighted by Gasteiger charge is -2.48. The van der Waals surface area contributed by atoms with Crippen molar-refractivity contribution in [2.24, 2.45) is 0 Å². The topological polar surface area (TPSA) is 307 Å². The molecule has 3 fully saturated rings. The lowest BCUT2D eigenvalue weighted by atomic mass is 9.96. The van der Waals surface area contributed by atoms with Gasteiger partial charge in [0.15, 0.2) is 18.9 Å². The van der Waals surface area contributed by atoms with Gasteiger partial charge in [0.1, 0.15) is 73.2 Å². The third-order valence-electron chi connectivity index (χ3n) is 16.0. The zero-order chi connectivity index (χ0) is 61.2. The first kappa shape index (κ1) is 75.7. The molecule has 3 heterocycles. The average molecular weight is 1200 g/mol. The first-order valence-corrected chi connectivity index (χ1v) is 32.5. The molecule has 0 aromatic carbocycles. The van der Waals surface area contributed by atoms with Gasteiger partial charge >= 0.3 is 0 Å². The van der Waals surface area contributed by atoms with Crippen molar-refractivity contribution in [3.05, 3.63) is 60.8 Å². The molecule has 17 unspecified atom stereocenters. The second-order valence-corrected chi connectivity index (χ2v) is 23.2. The number of hydrogen-bond acceptors (Lipinski definition) is 18. The summed E-state index contributed by atoms with van der Waals surface area (Å²) in [5.74, 6) is -0.299. The Balaban J connectivity index is 1.49. The molecule has 3 aliphatic heterocycles. The van der Waals surface area contributed by atoms with E-state index in [1.165, 1.54) is 109 Å². The van der Waals surface area contributed by atoms with E-state index in [9.17, 15) is 61.0 Å². The Morgan fingerprint density at radius 1 is 0.429 bits per heavy atom. The second-order valence-electron chi connectivity index (χ2n) is 23.2. The fourth-order valence-corrected chi connectivity index (χ4v) is 10.7. The molecule has 19 nitrogen and oxygen atoms in total. The summed E-state index contributed by atoms with van der Waals surface area (Å²) in [5.41, 5.74) is 0. The van der Waals surface area contributed by atoms with Gasteiger partial charge in [-0.2, -0.15) is 0 Å². The molecule has 0 aromatic rings. The van der Waals surface area contributed by atoms with Crippen molar-refractivity contribution in [3.63, 3.8) is 0 Å². The summed E-state index contributed by atoms with van der Waals surface area (Å²) >= 11 is 0. The molecule has 0 radical (unpaired) electrons. The number of aliphatic hydroxyl groups is 11. The lowest BCUT2D eigenvalue weighted by molar-refractivity contribution is -0.379. The van der Waals surface area contributed by atoms with Crippen LogP contribution in [-0.2, 0) is 33.2 Å². The summed E-state index contributed by atoms with van der Waals surface area (Å²) in [5, 5.41) is 120. The number of carbonyl (C=O) groups excluding carboxylic acids is 1. The fourth-order valence-electron chi connectivity index (χ4n) is 10.7. The van der Waals surface area contributed by atoms with E-state index in [-0.39, 0.29) is 18.9 Å². The highest BCUT2D eigenvalue weighted by atomic mass is 16.8. The molecule has 0 saturated carbocycles. The molecule has 3 saturated heterocycles. The highest BCUT2D eigenvalue weighted by molar-refractivity contribution is 5.76. The number of aliphatic hydroxyl groups excluding tert-OH is 11. The molecule has 12 N–H and O–H groups in total. The summed E-state index contributed by atoms with van der Waals surface area (Å²) in [6.07, 6.45) is 29.0. The molecule has 19 heteroatoms. The van der Waals surface area contributed by atoms with E-state index >= 15 is 0 Å². The molecule has 0 spiro atoms. The molecular weight excluding hydrogens is 1080 g/mol. The average Bonchev–Trinajstić information content (AvgIpc) is 2.76. The maximum Gasteiger partial charge on any atom is 0.220 e. The van der Waals surface area contributed by atoms with E-state index in [1.807, 2.05) is 6.08 Å². The van der Waals surface area contributed by atoms with Crippen molar-refractivity contribution in [1.29, 1.82) is 0 Å². The normalized spacial score (nSPS) is 29.6. The Morgan fingerprint density at radius 3 is 1.27 bits per heavy atom. The van der Waals surface area contributed by atoms with Crippen LogP contribution < -0.4 is 5.32 Å². The van der Waals surface area contributed by atoms with Gasteiger partial charge in [0.2, 0.25) is 5.91 Å². The monoisotopic (exact) mass is 1200 g/mol. The molecule has 3 rings (SSSR count). The summed E-state index contributed by atoms with van der Waals surface area (Å²) in [4.78, 5) is 13.4. The van der Waals surface area contributed by atoms with E-state index < -0.39 is 124 Å². The van der Waals surface area contributed by atoms with Crippen LogP contribution in [0, 0.1) is 0 Å². The third kappa shape index (κ3) is 30.1. The van der Waals surface area contributed by atoms with Crippen LogP contribution in [0.5, 0.6) is 0 Å². The highest BCUT2D eigenvalue weighted by Gasteiger charge is 2.53. The Morgan fingerprint density at radius 2 is 0.798 bits per heavy atom. The van der Waals surface area contributed by atoms with Crippen molar-refractivity contribution >= 4 is 5.91 Å². The van der Waals surface area contributed by atoms with Crippen LogP contribution in [0.4, 0.5) is 0 Å². The van der Waals surface area contributed by atoms with Gasteiger partial charge in [-0.05, 0) is 70.6 Å². The molecule has 84 heavy (non-hydrogen) atoms. The summed E-state index contributed by atoms with van der Waals surface area (Å²) in [6.45, 7) is 1.68. The zero-order valence-corrected chi connectivity index (χ0v) is 51.1. The van der Waals surface area contributed by atoms with Crippen molar-refractivity contribution in [2.75, 3.05) is 26.4 Å². The van der Waals surface area contributed by atoms with Gasteiger partial charge in [-0.25, -0.2) is 0 Å². The van der Waals surface area contributed by atoms with Gasteiger partial charge in [-0.3, -0.25) is 4.79 Å². The van der Waals surface area contributed by atoms with E-state index in [2.05, 4.69) is 67.8 Å². The molecule has 0 bridgehead atoms. The first-order valence-electron chi connectivity index (χ1n) is 32.5. The number of unbranched alkanes of at least 4 members (excludes halogenated alkanes) is 24. The van der Waals surface area contributed by atoms with Gasteiger partial charge in [-0.15, -0.1) is 0 Å². The number of rotatable bonds is 48. The predicted molar refractivity (Wildman–Crippen MR) is 323 cm³/mol. The van der Waals surface area contributed by atoms with Gasteiger partial charge < -0.3 is 89.9 Å². The van der Waals surface area contributed by atoms with Gasteiger partial charge in [-0.1, -0.05) is 197 Å². The maximum atomic E-state index is 13.4. The van der Waals surface area contributed by atoms with Crippen LogP contribution >= 0.6 is 0 Å². The molecule has 1 amide bonds. The van der Waals surface area contributed by atoms with Crippen LogP contribution in [0.2, 0.25) is 0 Å². The predicted octanol–water partition coefficient (Wildman–Crippen LogP) is 7.21. The first-order chi connectivity index (χ1) is 40.8. The van der Waals surface area contributed by atoms with E-state index in [1.54, 1.807) is 6.08 Å². The van der Waals surface area contributed by atoms with Gasteiger partial charge in [0.05, 0.1) is 38.6 Å². The Labute approximate surface area is 503 Å². The number of allylic oxidation sites excluding steroid dienone is 9. The molecule has 0 aliphatic carbocycles. The Hall–Kier alpha value is -2.51.